The van der Waals surface area contributed by atoms with Gasteiger partial charge in [0.1, 0.15) is 0 Å². The van der Waals surface area contributed by atoms with Crippen LogP contribution in [0.1, 0.15) is 18.4 Å². The van der Waals surface area contributed by atoms with E-state index in [9.17, 15) is 8.42 Å². The fourth-order valence-electron chi connectivity index (χ4n) is 2.12. The van der Waals surface area contributed by atoms with Crippen LogP contribution in [0.3, 0.4) is 0 Å². The molecule has 1 aliphatic rings. The molecule has 112 valence electrons. The Bertz CT molecular complexity index is 555. The number of aliphatic hydroxyl groups excluding tert-OH is 1. The van der Waals surface area contributed by atoms with Crippen LogP contribution in [0.4, 0.5) is 0 Å². The van der Waals surface area contributed by atoms with E-state index in [-0.39, 0.29) is 11.5 Å². The number of hydrogen-bond donors (Lipinski definition) is 2. The predicted molar refractivity (Wildman–Crippen MR) is 78.8 cm³/mol. The van der Waals surface area contributed by atoms with Gasteiger partial charge in [-0.3, -0.25) is 0 Å². The summed E-state index contributed by atoms with van der Waals surface area (Å²) in [5.41, 5.74) is 0.667. The SMILES string of the molecule is O=S(=O)(NCC1CCOCC1)c1ccc(CO)cc1Br. The summed E-state index contributed by atoms with van der Waals surface area (Å²) in [5.74, 6) is 0.328. The van der Waals surface area contributed by atoms with Gasteiger partial charge in [-0.2, -0.15) is 0 Å². The first-order valence-electron chi connectivity index (χ1n) is 6.49. The monoisotopic (exact) mass is 363 g/mol. The fraction of sp³-hybridized carbons (Fsp3) is 0.538. The van der Waals surface area contributed by atoms with Gasteiger partial charge in [-0.15, -0.1) is 0 Å². The lowest BCUT2D eigenvalue weighted by molar-refractivity contribution is 0.0678. The van der Waals surface area contributed by atoms with Gasteiger partial charge in [0.2, 0.25) is 10.0 Å². The molecule has 2 N–H and O–H groups in total. The molecule has 7 heteroatoms. The number of aliphatic hydroxyl groups is 1. The first kappa shape index (κ1) is 15.9. The van der Waals surface area contributed by atoms with E-state index in [0.717, 1.165) is 12.8 Å². The van der Waals surface area contributed by atoms with Crippen molar-refractivity contribution >= 4 is 26.0 Å². The van der Waals surface area contributed by atoms with Gasteiger partial charge in [-0.1, -0.05) is 6.07 Å². The first-order valence-corrected chi connectivity index (χ1v) is 8.77. The molecule has 0 radical (unpaired) electrons. The lowest BCUT2D eigenvalue weighted by Gasteiger charge is -2.22. The van der Waals surface area contributed by atoms with Crippen LogP contribution in [0.25, 0.3) is 0 Å². The van der Waals surface area contributed by atoms with Gasteiger partial charge in [-0.25, -0.2) is 13.1 Å². The van der Waals surface area contributed by atoms with Crippen LogP contribution in [0.15, 0.2) is 27.6 Å². The number of hydrogen-bond acceptors (Lipinski definition) is 4. The topological polar surface area (TPSA) is 75.6 Å². The Morgan fingerprint density at radius 1 is 1.35 bits per heavy atom. The highest BCUT2D eigenvalue weighted by Gasteiger charge is 2.21. The fourth-order valence-corrected chi connectivity index (χ4v) is 4.36. The second-order valence-electron chi connectivity index (χ2n) is 4.83. The van der Waals surface area contributed by atoms with Gasteiger partial charge < -0.3 is 9.84 Å². The predicted octanol–water partition coefficient (Wildman–Crippen LogP) is 1.65. The Kier molecular flexibility index (Phi) is 5.57. The number of nitrogens with one attached hydrogen (secondary N) is 1. The van der Waals surface area contributed by atoms with Crippen LogP contribution in [0, 0.1) is 5.92 Å². The van der Waals surface area contributed by atoms with Crippen molar-refractivity contribution in [2.75, 3.05) is 19.8 Å². The van der Waals surface area contributed by atoms with Crippen molar-refractivity contribution in [1.82, 2.24) is 4.72 Å². The van der Waals surface area contributed by atoms with Crippen LogP contribution in [0.2, 0.25) is 0 Å². The van der Waals surface area contributed by atoms with Gasteiger partial charge in [0.25, 0.3) is 0 Å². The molecule has 0 amide bonds. The maximum absolute atomic E-state index is 12.3. The zero-order valence-electron chi connectivity index (χ0n) is 11.0. The second-order valence-corrected chi connectivity index (χ2v) is 7.42. The van der Waals surface area contributed by atoms with E-state index >= 15 is 0 Å². The minimum Gasteiger partial charge on any atom is -0.392 e. The van der Waals surface area contributed by atoms with E-state index in [0.29, 0.717) is 35.7 Å². The van der Waals surface area contributed by atoms with Crippen molar-refractivity contribution in [3.63, 3.8) is 0 Å². The van der Waals surface area contributed by atoms with Gasteiger partial charge in [0.15, 0.2) is 0 Å². The molecular weight excluding hydrogens is 346 g/mol. The highest BCUT2D eigenvalue weighted by atomic mass is 79.9. The molecule has 1 aliphatic heterocycles. The Labute approximate surface area is 127 Å². The maximum atomic E-state index is 12.3. The van der Waals surface area contributed by atoms with Gasteiger partial charge >= 0.3 is 0 Å². The minimum absolute atomic E-state index is 0.117. The molecule has 0 atom stereocenters. The Hall–Kier alpha value is -0.470. The van der Waals surface area contributed by atoms with E-state index in [1.807, 2.05) is 0 Å². The molecule has 0 aromatic heterocycles. The standard InChI is InChI=1S/C13H18BrNO4S/c14-12-7-11(9-16)1-2-13(12)20(17,18)15-8-10-3-5-19-6-4-10/h1-2,7,10,15-16H,3-6,8-9H2. The summed E-state index contributed by atoms with van der Waals surface area (Å²) in [6, 6.07) is 4.72. The Morgan fingerprint density at radius 2 is 2.05 bits per heavy atom. The zero-order valence-corrected chi connectivity index (χ0v) is 13.4. The highest BCUT2D eigenvalue weighted by molar-refractivity contribution is 9.10. The van der Waals surface area contributed by atoms with Crippen molar-refractivity contribution in [3.8, 4) is 0 Å². The molecule has 0 aliphatic carbocycles. The first-order chi connectivity index (χ1) is 9.53. The van der Waals surface area contributed by atoms with Crippen molar-refractivity contribution in [1.29, 1.82) is 0 Å². The Morgan fingerprint density at radius 3 is 2.65 bits per heavy atom. The summed E-state index contributed by atoms with van der Waals surface area (Å²) in [6.07, 6.45) is 1.76. The molecular formula is C13H18BrNO4S. The molecule has 20 heavy (non-hydrogen) atoms. The van der Waals surface area contributed by atoms with Crippen LogP contribution in [-0.2, 0) is 21.4 Å². The molecule has 1 saturated heterocycles. The van der Waals surface area contributed by atoms with Crippen LogP contribution in [0.5, 0.6) is 0 Å². The lowest BCUT2D eigenvalue weighted by atomic mass is 10.0. The van der Waals surface area contributed by atoms with Crippen molar-refractivity contribution in [3.05, 3.63) is 28.2 Å². The van der Waals surface area contributed by atoms with E-state index in [1.165, 1.54) is 6.07 Å². The van der Waals surface area contributed by atoms with Gasteiger partial charge in [-0.05, 0) is 52.4 Å². The van der Waals surface area contributed by atoms with E-state index < -0.39 is 10.0 Å². The normalized spacial score (nSPS) is 17.3. The largest absolute Gasteiger partial charge is 0.392 e. The third-order valence-electron chi connectivity index (χ3n) is 3.37. The minimum atomic E-state index is -3.53. The van der Waals surface area contributed by atoms with Gasteiger partial charge in [0, 0.05) is 24.2 Å². The smallest absolute Gasteiger partial charge is 0.241 e. The Balaban J connectivity index is 2.05. The van der Waals surface area contributed by atoms with Crippen LogP contribution in [-0.4, -0.2) is 33.3 Å². The van der Waals surface area contributed by atoms with E-state index in [4.69, 9.17) is 9.84 Å². The molecule has 1 aromatic carbocycles. The summed E-state index contributed by atoms with van der Waals surface area (Å²) >= 11 is 3.24. The average Bonchev–Trinajstić information content (AvgIpc) is 2.46. The molecule has 0 bridgehead atoms. The third-order valence-corrected chi connectivity index (χ3v) is 5.77. The summed E-state index contributed by atoms with van der Waals surface area (Å²) in [4.78, 5) is 0.196. The molecule has 1 heterocycles. The number of benzene rings is 1. The highest BCUT2D eigenvalue weighted by Crippen LogP contribution is 2.24. The van der Waals surface area contributed by atoms with Gasteiger partial charge in [0.05, 0.1) is 11.5 Å². The van der Waals surface area contributed by atoms with Crippen LogP contribution >= 0.6 is 15.9 Å². The number of ether oxygens (including phenoxy) is 1. The molecule has 1 aromatic rings. The van der Waals surface area contributed by atoms with Crippen molar-refractivity contribution in [2.24, 2.45) is 5.92 Å². The molecule has 2 rings (SSSR count). The maximum Gasteiger partial charge on any atom is 0.241 e. The number of rotatable bonds is 5. The van der Waals surface area contributed by atoms with Crippen molar-refractivity contribution < 1.29 is 18.3 Å². The second kappa shape index (κ2) is 7.00. The quantitative estimate of drug-likeness (QED) is 0.833. The number of halogens is 1. The molecule has 0 saturated carbocycles. The number of sulfonamides is 1. The molecule has 5 nitrogen and oxygen atoms in total. The summed E-state index contributed by atoms with van der Waals surface area (Å²) in [7, 11) is -3.53. The average molecular weight is 364 g/mol. The molecule has 0 spiro atoms. The molecule has 0 unspecified atom stereocenters. The van der Waals surface area contributed by atoms with Crippen molar-refractivity contribution in [2.45, 2.75) is 24.3 Å². The zero-order chi connectivity index (χ0) is 14.6. The van der Waals surface area contributed by atoms with Crippen LogP contribution < -0.4 is 4.72 Å². The summed E-state index contributed by atoms with van der Waals surface area (Å²) in [6.45, 7) is 1.71. The van der Waals surface area contributed by atoms with E-state index in [1.54, 1.807) is 12.1 Å². The summed E-state index contributed by atoms with van der Waals surface area (Å²) in [5, 5.41) is 9.03. The third kappa shape index (κ3) is 4.02. The summed E-state index contributed by atoms with van der Waals surface area (Å²) < 4.78 is 32.9. The molecule has 1 fully saturated rings. The lowest BCUT2D eigenvalue weighted by Crippen LogP contribution is -2.32. The van der Waals surface area contributed by atoms with E-state index in [2.05, 4.69) is 20.7 Å².